The van der Waals surface area contributed by atoms with E-state index in [1.807, 2.05) is 13.8 Å². The van der Waals surface area contributed by atoms with E-state index in [1.165, 1.54) is 5.56 Å². The van der Waals surface area contributed by atoms with Gasteiger partial charge in [-0.2, -0.15) is 5.10 Å². The van der Waals surface area contributed by atoms with E-state index in [0.29, 0.717) is 12.5 Å². The van der Waals surface area contributed by atoms with Crippen molar-refractivity contribution in [3.05, 3.63) is 17.0 Å². The highest BCUT2D eigenvalue weighted by molar-refractivity contribution is 5.27. The van der Waals surface area contributed by atoms with Crippen molar-refractivity contribution in [2.45, 2.75) is 52.5 Å². The van der Waals surface area contributed by atoms with E-state index in [-0.39, 0.29) is 6.42 Å². The van der Waals surface area contributed by atoms with E-state index >= 15 is 0 Å². The molecule has 2 rings (SSSR count). The average molecular weight is 228 g/mol. The Kier molecular flexibility index (Phi) is 2.55. The number of nitrogens with zero attached hydrogens (tertiary/aromatic N) is 2. The van der Waals surface area contributed by atoms with Crippen molar-refractivity contribution in [2.75, 3.05) is 0 Å². The van der Waals surface area contributed by atoms with Crippen molar-refractivity contribution >= 4 is 0 Å². The second-order valence-corrected chi connectivity index (χ2v) is 5.08. The number of rotatable bonds is 3. The largest absolute Gasteiger partial charge is 0.269 e. The van der Waals surface area contributed by atoms with E-state index in [1.54, 1.807) is 4.68 Å². The number of alkyl halides is 2. The van der Waals surface area contributed by atoms with Gasteiger partial charge in [-0.25, -0.2) is 8.78 Å². The molecule has 1 aliphatic carbocycles. The highest BCUT2D eigenvalue weighted by atomic mass is 19.3. The Bertz CT molecular complexity index is 407. The van der Waals surface area contributed by atoms with Gasteiger partial charge in [-0.3, -0.25) is 4.68 Å². The molecule has 1 aliphatic rings. The van der Waals surface area contributed by atoms with Crippen molar-refractivity contribution in [3.63, 3.8) is 0 Å². The quantitative estimate of drug-likeness (QED) is 0.776. The number of hydrogen-bond donors (Lipinski definition) is 0. The summed E-state index contributed by atoms with van der Waals surface area (Å²) >= 11 is 0. The van der Waals surface area contributed by atoms with Crippen LogP contribution in [0.25, 0.3) is 0 Å². The van der Waals surface area contributed by atoms with Crippen LogP contribution in [0, 0.1) is 19.8 Å². The normalized spacial score (nSPS) is 22.8. The van der Waals surface area contributed by atoms with Gasteiger partial charge in [0, 0.05) is 24.6 Å². The van der Waals surface area contributed by atoms with E-state index in [0.717, 1.165) is 11.4 Å². The van der Waals surface area contributed by atoms with Crippen molar-refractivity contribution in [3.8, 4) is 0 Å². The van der Waals surface area contributed by atoms with Gasteiger partial charge in [0.25, 0.3) is 5.92 Å². The predicted octanol–water partition coefficient (Wildman–Crippen LogP) is 3.28. The summed E-state index contributed by atoms with van der Waals surface area (Å²) in [5.74, 6) is -2.57. The topological polar surface area (TPSA) is 17.8 Å². The first kappa shape index (κ1) is 11.6. The van der Waals surface area contributed by atoms with Crippen LogP contribution in [0.3, 0.4) is 0 Å². The minimum Gasteiger partial charge on any atom is -0.269 e. The summed E-state index contributed by atoms with van der Waals surface area (Å²) in [6.45, 7) is 8.48. The van der Waals surface area contributed by atoms with Crippen LogP contribution >= 0.6 is 0 Å². The minimum atomic E-state index is -2.45. The van der Waals surface area contributed by atoms with Crippen LogP contribution < -0.4 is 0 Å². The monoisotopic (exact) mass is 228 g/mol. The summed E-state index contributed by atoms with van der Waals surface area (Å²) in [5, 5.41) is 4.36. The van der Waals surface area contributed by atoms with Crippen molar-refractivity contribution in [1.82, 2.24) is 9.78 Å². The molecule has 2 nitrogen and oxygen atoms in total. The van der Waals surface area contributed by atoms with Crippen molar-refractivity contribution < 1.29 is 8.78 Å². The van der Waals surface area contributed by atoms with Crippen LogP contribution in [0.5, 0.6) is 0 Å². The third kappa shape index (κ3) is 1.85. The molecule has 16 heavy (non-hydrogen) atoms. The number of aryl methyl sites for hydroxylation is 1. The predicted molar refractivity (Wildman–Crippen MR) is 58.8 cm³/mol. The highest BCUT2D eigenvalue weighted by Crippen LogP contribution is 2.49. The Morgan fingerprint density at radius 1 is 1.44 bits per heavy atom. The van der Waals surface area contributed by atoms with Crippen LogP contribution in [0.2, 0.25) is 0 Å². The molecule has 1 unspecified atom stereocenters. The SMILES string of the molecule is Cc1nn(CC2CC2(F)F)c(C)c1C(C)C. The average Bonchev–Trinajstić information content (AvgIpc) is 2.60. The maximum atomic E-state index is 12.8. The molecular weight excluding hydrogens is 210 g/mol. The third-order valence-corrected chi connectivity index (χ3v) is 3.36. The van der Waals surface area contributed by atoms with Crippen molar-refractivity contribution in [2.24, 2.45) is 5.92 Å². The Labute approximate surface area is 94.6 Å². The first-order valence-corrected chi connectivity index (χ1v) is 5.74. The summed E-state index contributed by atoms with van der Waals surface area (Å²) < 4.78 is 27.4. The Balaban J connectivity index is 2.20. The molecule has 4 heteroatoms. The third-order valence-electron chi connectivity index (χ3n) is 3.36. The number of halogens is 2. The Morgan fingerprint density at radius 3 is 2.38 bits per heavy atom. The number of aromatic nitrogens is 2. The summed E-state index contributed by atoms with van der Waals surface area (Å²) in [6, 6.07) is 0. The van der Waals surface area contributed by atoms with Gasteiger partial charge in [-0.1, -0.05) is 13.8 Å². The fourth-order valence-electron chi connectivity index (χ4n) is 2.40. The molecule has 1 aromatic heterocycles. The standard InChI is InChI=1S/C12H18F2N2/c1-7(2)11-8(3)15-16(9(11)4)6-10-5-12(10,13)14/h7,10H,5-6H2,1-4H3. The molecule has 1 atom stereocenters. The molecule has 0 radical (unpaired) electrons. The van der Waals surface area contributed by atoms with E-state index in [4.69, 9.17) is 0 Å². The summed E-state index contributed by atoms with van der Waals surface area (Å²) in [6.07, 6.45) is 0.0162. The summed E-state index contributed by atoms with van der Waals surface area (Å²) in [4.78, 5) is 0. The van der Waals surface area contributed by atoms with E-state index in [2.05, 4.69) is 18.9 Å². The molecule has 0 amide bonds. The zero-order chi connectivity index (χ0) is 12.1. The van der Waals surface area contributed by atoms with Crippen LogP contribution in [-0.4, -0.2) is 15.7 Å². The molecule has 0 bridgehead atoms. The Hall–Kier alpha value is -0.930. The second-order valence-electron chi connectivity index (χ2n) is 5.08. The Morgan fingerprint density at radius 2 is 2.00 bits per heavy atom. The first-order valence-electron chi connectivity index (χ1n) is 5.74. The molecule has 1 aromatic rings. The maximum absolute atomic E-state index is 12.8. The van der Waals surface area contributed by atoms with Crippen molar-refractivity contribution in [1.29, 1.82) is 0 Å². The lowest BCUT2D eigenvalue weighted by Crippen LogP contribution is -2.08. The van der Waals surface area contributed by atoms with Crippen LogP contribution in [0.15, 0.2) is 0 Å². The summed E-state index contributed by atoms with van der Waals surface area (Å²) in [5.41, 5.74) is 3.20. The molecule has 0 aromatic carbocycles. The molecule has 0 saturated heterocycles. The van der Waals surface area contributed by atoms with Crippen LogP contribution in [0.4, 0.5) is 8.78 Å². The molecule has 0 spiro atoms. The lowest BCUT2D eigenvalue weighted by Gasteiger charge is -2.07. The lowest BCUT2D eigenvalue weighted by atomic mass is 10.0. The van der Waals surface area contributed by atoms with Gasteiger partial charge in [0.05, 0.1) is 5.69 Å². The fraction of sp³-hybridized carbons (Fsp3) is 0.750. The number of hydrogen-bond acceptors (Lipinski definition) is 1. The smallest absolute Gasteiger partial charge is 0.253 e. The summed E-state index contributed by atoms with van der Waals surface area (Å²) in [7, 11) is 0. The second kappa shape index (κ2) is 3.54. The zero-order valence-electron chi connectivity index (χ0n) is 10.2. The molecule has 0 N–H and O–H groups in total. The molecule has 90 valence electrons. The van der Waals surface area contributed by atoms with Gasteiger partial charge in [0.2, 0.25) is 0 Å². The zero-order valence-corrected chi connectivity index (χ0v) is 10.2. The fourth-order valence-corrected chi connectivity index (χ4v) is 2.40. The van der Waals surface area contributed by atoms with Gasteiger partial charge < -0.3 is 0 Å². The van der Waals surface area contributed by atoms with E-state index in [9.17, 15) is 8.78 Å². The molecule has 1 fully saturated rings. The van der Waals surface area contributed by atoms with Gasteiger partial charge in [0.15, 0.2) is 0 Å². The van der Waals surface area contributed by atoms with E-state index < -0.39 is 11.8 Å². The lowest BCUT2D eigenvalue weighted by molar-refractivity contribution is 0.0940. The van der Waals surface area contributed by atoms with Gasteiger partial charge in [-0.15, -0.1) is 0 Å². The maximum Gasteiger partial charge on any atom is 0.253 e. The molecular formula is C12H18F2N2. The van der Waals surface area contributed by atoms with Crippen LogP contribution in [-0.2, 0) is 6.54 Å². The molecule has 1 saturated carbocycles. The van der Waals surface area contributed by atoms with Gasteiger partial charge in [-0.05, 0) is 25.3 Å². The van der Waals surface area contributed by atoms with Gasteiger partial charge >= 0.3 is 0 Å². The molecule has 0 aliphatic heterocycles. The van der Waals surface area contributed by atoms with Crippen LogP contribution in [0.1, 0.15) is 43.1 Å². The molecule has 1 heterocycles. The first-order chi connectivity index (χ1) is 7.33. The minimum absolute atomic E-state index is 0.0162. The highest BCUT2D eigenvalue weighted by Gasteiger charge is 2.56. The van der Waals surface area contributed by atoms with Gasteiger partial charge in [0.1, 0.15) is 0 Å².